The number of nitrogens with one attached hydrogen (secondary N) is 3. The second kappa shape index (κ2) is 10.6. The fraction of sp³-hybridized carbons (Fsp3) is 0.391. The van der Waals surface area contributed by atoms with Crippen LogP contribution in [-0.2, 0) is 9.53 Å². The Morgan fingerprint density at radius 1 is 1.07 bits per heavy atom. The van der Waals surface area contributed by atoms with Crippen LogP contribution in [0.15, 0.2) is 48.5 Å². The summed E-state index contributed by atoms with van der Waals surface area (Å²) in [6.07, 6.45) is 2.30. The summed E-state index contributed by atoms with van der Waals surface area (Å²) in [4.78, 5) is 24.1. The molecule has 1 saturated heterocycles. The molecule has 0 bridgehead atoms. The first-order valence-electron chi connectivity index (χ1n) is 10.3. The molecule has 7 nitrogen and oxygen atoms in total. The summed E-state index contributed by atoms with van der Waals surface area (Å²) >= 11 is 0. The fourth-order valence-corrected chi connectivity index (χ4v) is 3.07. The molecule has 1 aliphatic heterocycles. The minimum absolute atomic E-state index is 0.0842. The third-order valence-electron chi connectivity index (χ3n) is 4.62. The molecule has 1 aliphatic rings. The normalized spacial score (nSPS) is 15.6. The minimum Gasteiger partial charge on any atom is -0.491 e. The molecule has 0 aliphatic carbocycles. The minimum atomic E-state index is -0.162. The van der Waals surface area contributed by atoms with E-state index in [-0.39, 0.29) is 30.5 Å². The van der Waals surface area contributed by atoms with Gasteiger partial charge in [-0.15, -0.1) is 0 Å². The van der Waals surface area contributed by atoms with Crippen molar-refractivity contribution < 1.29 is 19.1 Å². The lowest BCUT2D eigenvalue weighted by Gasteiger charge is -2.12. The van der Waals surface area contributed by atoms with Crippen LogP contribution in [0.1, 0.15) is 37.0 Å². The summed E-state index contributed by atoms with van der Waals surface area (Å²) in [6.45, 7) is 5.31. The van der Waals surface area contributed by atoms with E-state index in [1.807, 2.05) is 38.1 Å². The third kappa shape index (κ3) is 6.77. The van der Waals surface area contributed by atoms with Gasteiger partial charge in [-0.1, -0.05) is 0 Å². The molecular weight excluding hydrogens is 382 g/mol. The second-order valence-corrected chi connectivity index (χ2v) is 7.58. The Hall–Kier alpha value is -3.06. The van der Waals surface area contributed by atoms with E-state index < -0.39 is 0 Å². The van der Waals surface area contributed by atoms with Crippen LogP contribution in [0.4, 0.5) is 11.4 Å². The van der Waals surface area contributed by atoms with Gasteiger partial charge in [0.15, 0.2) is 0 Å². The molecule has 3 rings (SSSR count). The topological polar surface area (TPSA) is 88.7 Å². The SMILES string of the molecule is CC(C)NC(=O)c1ccc(NCC(=O)Nc2ccc(OCC3CCCO3)cc2)cc1. The number of amides is 2. The van der Waals surface area contributed by atoms with E-state index in [0.29, 0.717) is 17.9 Å². The smallest absolute Gasteiger partial charge is 0.251 e. The highest BCUT2D eigenvalue weighted by Crippen LogP contribution is 2.18. The monoisotopic (exact) mass is 411 g/mol. The molecule has 30 heavy (non-hydrogen) atoms. The van der Waals surface area contributed by atoms with E-state index in [9.17, 15) is 9.59 Å². The van der Waals surface area contributed by atoms with Gasteiger partial charge in [-0.2, -0.15) is 0 Å². The Labute approximate surface area is 177 Å². The van der Waals surface area contributed by atoms with Gasteiger partial charge < -0.3 is 25.4 Å². The molecule has 2 aromatic carbocycles. The summed E-state index contributed by atoms with van der Waals surface area (Å²) in [5, 5.41) is 8.74. The van der Waals surface area contributed by atoms with Crippen molar-refractivity contribution in [3.8, 4) is 5.75 Å². The summed E-state index contributed by atoms with van der Waals surface area (Å²) in [5.41, 5.74) is 2.05. The van der Waals surface area contributed by atoms with Crippen molar-refractivity contribution in [1.82, 2.24) is 5.32 Å². The van der Waals surface area contributed by atoms with Crippen molar-refractivity contribution in [2.75, 3.05) is 30.4 Å². The van der Waals surface area contributed by atoms with Crippen molar-refractivity contribution in [2.45, 2.75) is 38.8 Å². The average molecular weight is 412 g/mol. The first-order valence-corrected chi connectivity index (χ1v) is 10.3. The van der Waals surface area contributed by atoms with Crippen LogP contribution < -0.4 is 20.7 Å². The van der Waals surface area contributed by atoms with Crippen LogP contribution >= 0.6 is 0 Å². The number of carbonyl (C=O) groups excluding carboxylic acids is 2. The molecule has 2 aromatic rings. The third-order valence-corrected chi connectivity index (χ3v) is 4.62. The average Bonchev–Trinajstić information content (AvgIpc) is 3.25. The number of ether oxygens (including phenoxy) is 2. The fourth-order valence-electron chi connectivity index (χ4n) is 3.07. The van der Waals surface area contributed by atoms with Gasteiger partial charge in [-0.3, -0.25) is 9.59 Å². The van der Waals surface area contributed by atoms with E-state index in [1.165, 1.54) is 0 Å². The summed E-state index contributed by atoms with van der Waals surface area (Å²) < 4.78 is 11.3. The molecule has 160 valence electrons. The van der Waals surface area contributed by atoms with Crippen molar-refractivity contribution in [3.63, 3.8) is 0 Å². The van der Waals surface area contributed by atoms with Gasteiger partial charge in [0.05, 0.1) is 12.6 Å². The van der Waals surface area contributed by atoms with Gasteiger partial charge in [-0.05, 0) is 75.2 Å². The van der Waals surface area contributed by atoms with E-state index in [0.717, 1.165) is 30.9 Å². The van der Waals surface area contributed by atoms with E-state index in [2.05, 4.69) is 16.0 Å². The van der Waals surface area contributed by atoms with E-state index in [4.69, 9.17) is 9.47 Å². The summed E-state index contributed by atoms with van der Waals surface area (Å²) in [7, 11) is 0. The van der Waals surface area contributed by atoms with Crippen molar-refractivity contribution in [2.24, 2.45) is 0 Å². The molecule has 3 N–H and O–H groups in total. The van der Waals surface area contributed by atoms with E-state index in [1.54, 1.807) is 24.3 Å². The highest BCUT2D eigenvalue weighted by Gasteiger charge is 2.16. The number of rotatable bonds is 9. The lowest BCUT2D eigenvalue weighted by molar-refractivity contribution is -0.114. The molecule has 1 fully saturated rings. The van der Waals surface area contributed by atoms with Crippen LogP contribution in [0.2, 0.25) is 0 Å². The molecular formula is C23H29N3O4. The van der Waals surface area contributed by atoms with Gasteiger partial charge in [-0.25, -0.2) is 0 Å². The second-order valence-electron chi connectivity index (χ2n) is 7.58. The molecule has 2 amide bonds. The number of hydrogen-bond donors (Lipinski definition) is 3. The Morgan fingerprint density at radius 2 is 1.77 bits per heavy atom. The van der Waals surface area contributed by atoms with E-state index >= 15 is 0 Å². The first-order chi connectivity index (χ1) is 14.5. The van der Waals surface area contributed by atoms with Gasteiger partial charge in [0, 0.05) is 29.6 Å². The van der Waals surface area contributed by atoms with Crippen LogP contribution in [0.25, 0.3) is 0 Å². The van der Waals surface area contributed by atoms with Gasteiger partial charge >= 0.3 is 0 Å². The Kier molecular flexibility index (Phi) is 7.68. The standard InChI is InChI=1S/C23H29N3O4/c1-16(2)25-23(28)17-5-7-18(8-6-17)24-14-22(27)26-19-9-11-20(12-10-19)30-15-21-4-3-13-29-21/h5-12,16,21,24H,3-4,13-15H2,1-2H3,(H,25,28)(H,26,27). The van der Waals surface area contributed by atoms with Crippen LogP contribution in [0.3, 0.4) is 0 Å². The maximum atomic E-state index is 12.2. The quantitative estimate of drug-likeness (QED) is 0.588. The molecule has 0 radical (unpaired) electrons. The Morgan fingerprint density at radius 3 is 2.40 bits per heavy atom. The molecule has 0 spiro atoms. The number of benzene rings is 2. The van der Waals surface area contributed by atoms with Crippen LogP contribution in [0, 0.1) is 0 Å². The Bertz CT molecular complexity index is 829. The zero-order chi connectivity index (χ0) is 21.3. The van der Waals surface area contributed by atoms with Gasteiger partial charge in [0.1, 0.15) is 12.4 Å². The number of hydrogen-bond acceptors (Lipinski definition) is 5. The largest absolute Gasteiger partial charge is 0.491 e. The maximum absolute atomic E-state index is 12.2. The maximum Gasteiger partial charge on any atom is 0.251 e. The summed E-state index contributed by atoms with van der Waals surface area (Å²) in [5.74, 6) is 0.477. The molecule has 7 heteroatoms. The van der Waals surface area contributed by atoms with Crippen LogP contribution in [0.5, 0.6) is 5.75 Å². The predicted octanol–water partition coefficient (Wildman–Crippen LogP) is 3.43. The zero-order valence-corrected chi connectivity index (χ0v) is 17.4. The summed E-state index contributed by atoms with van der Waals surface area (Å²) in [6, 6.07) is 14.4. The highest BCUT2D eigenvalue weighted by atomic mass is 16.5. The highest BCUT2D eigenvalue weighted by molar-refractivity contribution is 5.95. The van der Waals surface area contributed by atoms with Gasteiger partial charge in [0.2, 0.25) is 5.91 Å². The van der Waals surface area contributed by atoms with Crippen molar-refractivity contribution >= 4 is 23.2 Å². The molecule has 1 heterocycles. The lowest BCUT2D eigenvalue weighted by atomic mass is 10.2. The zero-order valence-electron chi connectivity index (χ0n) is 17.4. The molecule has 1 atom stereocenters. The van der Waals surface area contributed by atoms with Gasteiger partial charge in [0.25, 0.3) is 5.91 Å². The molecule has 0 aromatic heterocycles. The number of anilines is 2. The van der Waals surface area contributed by atoms with Crippen molar-refractivity contribution in [3.05, 3.63) is 54.1 Å². The molecule has 0 saturated carbocycles. The molecule has 1 unspecified atom stereocenters. The Balaban J connectivity index is 1.41. The van der Waals surface area contributed by atoms with Crippen LogP contribution in [-0.4, -0.2) is 43.7 Å². The van der Waals surface area contributed by atoms with Crippen molar-refractivity contribution in [1.29, 1.82) is 0 Å². The number of carbonyl (C=O) groups is 2. The lowest BCUT2D eigenvalue weighted by Crippen LogP contribution is -2.30. The first kappa shape index (κ1) is 21.6. The predicted molar refractivity (Wildman–Crippen MR) is 117 cm³/mol.